The molecule has 31 heavy (non-hydrogen) atoms. The van der Waals surface area contributed by atoms with Crippen molar-refractivity contribution in [2.24, 2.45) is 0 Å². The molecule has 3 heterocycles. The highest BCUT2D eigenvalue weighted by molar-refractivity contribution is 6.30. The number of carbonyl (C=O) groups is 2. The molecular weight excluding hydrogens is 436 g/mol. The molecule has 4 rings (SSSR count). The molecule has 2 aliphatic heterocycles. The Morgan fingerprint density at radius 3 is 2.81 bits per heavy atom. The Balaban J connectivity index is 1.68. The summed E-state index contributed by atoms with van der Waals surface area (Å²) in [5.74, 6) is -4.27. The average Bonchev–Trinajstić information content (AvgIpc) is 3.23. The summed E-state index contributed by atoms with van der Waals surface area (Å²) in [6, 6.07) is 1.70. The maximum absolute atomic E-state index is 14.1. The first-order chi connectivity index (χ1) is 14.8. The molecule has 0 spiro atoms. The van der Waals surface area contributed by atoms with Gasteiger partial charge in [0.05, 0.1) is 12.6 Å². The van der Waals surface area contributed by atoms with E-state index in [2.05, 4.69) is 5.32 Å². The second-order valence-corrected chi connectivity index (χ2v) is 7.58. The number of aromatic nitrogens is 1. The van der Waals surface area contributed by atoms with E-state index in [0.29, 0.717) is 19.6 Å². The molecule has 11 heteroatoms. The molecule has 2 atom stereocenters. The molecule has 1 saturated heterocycles. The van der Waals surface area contributed by atoms with Crippen LogP contribution in [0.15, 0.2) is 23.1 Å². The topological polar surface area (TPSA) is 101 Å². The molecule has 2 aromatic rings. The van der Waals surface area contributed by atoms with Crippen molar-refractivity contribution in [2.45, 2.75) is 32.2 Å². The molecule has 1 unspecified atom stereocenters. The third-order valence-electron chi connectivity index (χ3n) is 5.51. The van der Waals surface area contributed by atoms with E-state index >= 15 is 0 Å². The Kier molecular flexibility index (Phi) is 5.44. The van der Waals surface area contributed by atoms with E-state index < -0.39 is 51.4 Å². The van der Waals surface area contributed by atoms with Gasteiger partial charge >= 0.3 is 0 Å². The number of carbonyl (C=O) groups excluding carboxylic acids is 2. The number of hydrogen-bond acceptors (Lipinski definition) is 5. The number of pyridine rings is 1. The van der Waals surface area contributed by atoms with Gasteiger partial charge in [-0.15, -0.1) is 0 Å². The average molecular weight is 454 g/mol. The molecule has 2 aliphatic rings. The number of nitrogens with one attached hydrogen (secondary N) is 1. The van der Waals surface area contributed by atoms with Crippen molar-refractivity contribution in [1.29, 1.82) is 0 Å². The Morgan fingerprint density at radius 2 is 2.10 bits per heavy atom. The van der Waals surface area contributed by atoms with Gasteiger partial charge in [0, 0.05) is 24.8 Å². The van der Waals surface area contributed by atoms with Crippen molar-refractivity contribution in [1.82, 2.24) is 14.8 Å². The Morgan fingerprint density at radius 1 is 1.35 bits per heavy atom. The van der Waals surface area contributed by atoms with Gasteiger partial charge in [0.1, 0.15) is 22.2 Å². The van der Waals surface area contributed by atoms with Crippen LogP contribution in [0.25, 0.3) is 0 Å². The van der Waals surface area contributed by atoms with E-state index in [4.69, 9.17) is 16.3 Å². The first kappa shape index (κ1) is 21.3. The Labute approximate surface area is 180 Å². The molecule has 1 aromatic heterocycles. The number of likely N-dealkylation sites (N-methyl/N-ethyl adjacent to an activating group) is 1. The molecule has 1 fully saturated rings. The fourth-order valence-electron chi connectivity index (χ4n) is 3.94. The van der Waals surface area contributed by atoms with E-state index in [1.54, 1.807) is 6.92 Å². The largest absolute Gasteiger partial charge is 0.503 e. The van der Waals surface area contributed by atoms with Crippen molar-refractivity contribution in [3.05, 3.63) is 62.0 Å². The van der Waals surface area contributed by atoms with Crippen LogP contribution in [0.4, 0.5) is 8.78 Å². The van der Waals surface area contributed by atoms with Crippen molar-refractivity contribution >= 4 is 23.4 Å². The van der Waals surface area contributed by atoms with Crippen LogP contribution in [0.3, 0.4) is 0 Å². The van der Waals surface area contributed by atoms with Gasteiger partial charge in [-0.2, -0.15) is 0 Å². The lowest BCUT2D eigenvalue weighted by Crippen LogP contribution is -2.50. The van der Waals surface area contributed by atoms with Crippen LogP contribution < -0.4 is 10.7 Å². The summed E-state index contributed by atoms with van der Waals surface area (Å²) < 4.78 is 34.4. The summed E-state index contributed by atoms with van der Waals surface area (Å²) in [7, 11) is 0. The van der Waals surface area contributed by atoms with Gasteiger partial charge in [-0.1, -0.05) is 17.7 Å². The third kappa shape index (κ3) is 3.35. The molecule has 8 nitrogen and oxygen atoms in total. The van der Waals surface area contributed by atoms with Crippen LogP contribution in [0, 0.1) is 11.6 Å². The van der Waals surface area contributed by atoms with E-state index in [0.717, 1.165) is 12.1 Å². The van der Waals surface area contributed by atoms with Crippen molar-refractivity contribution in [3.63, 3.8) is 0 Å². The standard InChI is InChI=1S/C20H18ClF2N3O5/c1-2-25-19(30)15-17(28)16(27)10(8-26(15)12-5-6-31-20(12)25)18(29)24-7-9-3-4-11(22)13(21)14(9)23/h3-4,8,12,20,28H,2,5-7H2,1H3,(H,24,29)/t12?,20-/m1/s1. The molecule has 0 bridgehead atoms. The highest BCUT2D eigenvalue weighted by Crippen LogP contribution is 2.37. The lowest BCUT2D eigenvalue weighted by atomic mass is 10.1. The first-order valence-electron chi connectivity index (χ1n) is 9.57. The van der Waals surface area contributed by atoms with Gasteiger partial charge in [0.25, 0.3) is 11.8 Å². The van der Waals surface area contributed by atoms with Gasteiger partial charge in [-0.25, -0.2) is 8.78 Å². The van der Waals surface area contributed by atoms with Crippen molar-refractivity contribution < 1.29 is 28.2 Å². The number of fused-ring (bicyclic) bond motifs is 3. The lowest BCUT2D eigenvalue weighted by molar-refractivity contribution is -0.0328. The molecule has 2 amide bonds. The summed E-state index contributed by atoms with van der Waals surface area (Å²) in [5.41, 5.74) is -1.73. The predicted molar refractivity (Wildman–Crippen MR) is 105 cm³/mol. The molecule has 0 aliphatic carbocycles. The van der Waals surface area contributed by atoms with Crippen LogP contribution in [0.5, 0.6) is 5.75 Å². The zero-order chi connectivity index (χ0) is 22.4. The Bertz CT molecular complexity index is 1150. The van der Waals surface area contributed by atoms with Gasteiger partial charge in [0.2, 0.25) is 5.43 Å². The minimum Gasteiger partial charge on any atom is -0.503 e. The molecule has 164 valence electrons. The normalized spacial score (nSPS) is 19.9. The summed E-state index contributed by atoms with van der Waals surface area (Å²) >= 11 is 5.53. The zero-order valence-electron chi connectivity index (χ0n) is 16.3. The number of aromatic hydroxyl groups is 1. The van der Waals surface area contributed by atoms with Crippen LogP contribution in [-0.2, 0) is 11.3 Å². The van der Waals surface area contributed by atoms with E-state index in [9.17, 15) is 28.3 Å². The highest BCUT2D eigenvalue weighted by atomic mass is 35.5. The van der Waals surface area contributed by atoms with Gasteiger partial charge < -0.3 is 24.6 Å². The number of benzene rings is 1. The van der Waals surface area contributed by atoms with Gasteiger partial charge in [0.15, 0.2) is 17.7 Å². The maximum atomic E-state index is 14.1. The number of rotatable bonds is 4. The van der Waals surface area contributed by atoms with Gasteiger partial charge in [-0.3, -0.25) is 14.4 Å². The summed E-state index contributed by atoms with van der Waals surface area (Å²) in [4.78, 5) is 39.5. The maximum Gasteiger partial charge on any atom is 0.276 e. The number of hydrogen-bond donors (Lipinski definition) is 2. The SMILES string of the molecule is CCN1C(=O)c2c(O)c(=O)c(C(=O)NCc3ccc(F)c(Cl)c3F)cn2C2CCO[C@H]21. The second kappa shape index (κ2) is 7.93. The minimum absolute atomic E-state index is 0.0833. The van der Waals surface area contributed by atoms with Crippen molar-refractivity contribution in [2.75, 3.05) is 13.2 Å². The Hall–Kier alpha value is -2.98. The summed E-state index contributed by atoms with van der Waals surface area (Å²) in [5, 5.41) is 12.1. The lowest BCUT2D eigenvalue weighted by Gasteiger charge is -2.38. The smallest absolute Gasteiger partial charge is 0.276 e. The zero-order valence-corrected chi connectivity index (χ0v) is 17.1. The summed E-state index contributed by atoms with van der Waals surface area (Å²) in [6.45, 7) is 2.08. The van der Waals surface area contributed by atoms with Gasteiger partial charge in [-0.05, 0) is 19.4 Å². The summed E-state index contributed by atoms with van der Waals surface area (Å²) in [6.07, 6.45) is 1.15. The number of amides is 2. The van der Waals surface area contributed by atoms with E-state index in [1.165, 1.54) is 15.7 Å². The van der Waals surface area contributed by atoms with Crippen LogP contribution >= 0.6 is 11.6 Å². The number of ether oxygens (including phenoxy) is 1. The fourth-order valence-corrected chi connectivity index (χ4v) is 4.12. The third-order valence-corrected chi connectivity index (χ3v) is 5.86. The molecule has 0 radical (unpaired) electrons. The number of nitrogens with zero attached hydrogens (tertiary/aromatic N) is 2. The fraction of sp³-hybridized carbons (Fsp3) is 0.350. The molecule has 2 N–H and O–H groups in total. The van der Waals surface area contributed by atoms with Crippen LogP contribution in [0.2, 0.25) is 5.02 Å². The monoisotopic (exact) mass is 453 g/mol. The quantitative estimate of drug-likeness (QED) is 0.691. The van der Waals surface area contributed by atoms with E-state index in [-0.39, 0.29) is 23.8 Å². The van der Waals surface area contributed by atoms with E-state index in [1.807, 2.05) is 0 Å². The van der Waals surface area contributed by atoms with Crippen molar-refractivity contribution in [3.8, 4) is 5.75 Å². The van der Waals surface area contributed by atoms with Crippen LogP contribution in [-0.4, -0.2) is 45.8 Å². The predicted octanol–water partition coefficient (Wildman–Crippen LogP) is 2.18. The van der Waals surface area contributed by atoms with Crippen LogP contribution in [0.1, 0.15) is 45.8 Å². The first-order valence-corrected chi connectivity index (χ1v) is 9.95. The minimum atomic E-state index is -1.02. The highest BCUT2D eigenvalue weighted by Gasteiger charge is 2.44. The molecular formula is C20H18ClF2N3O5. The molecule has 1 aromatic carbocycles. The molecule has 0 saturated carbocycles. The number of halogens is 3. The second-order valence-electron chi connectivity index (χ2n) is 7.20.